The molecule has 0 atom stereocenters. The fourth-order valence-corrected chi connectivity index (χ4v) is 4.32. The molecule has 1 aliphatic rings. The van der Waals surface area contributed by atoms with Crippen molar-refractivity contribution >= 4 is 34.1 Å². The Morgan fingerprint density at radius 1 is 1.42 bits per heavy atom. The molecule has 0 radical (unpaired) electrons. The summed E-state index contributed by atoms with van der Waals surface area (Å²) in [5.74, 6) is 1.97. The normalized spacial score (nSPS) is 13.8. The fourth-order valence-electron chi connectivity index (χ4n) is 2.40. The highest BCUT2D eigenvalue weighted by molar-refractivity contribution is 7.98. The Bertz CT molecular complexity index is 799. The van der Waals surface area contributed by atoms with Crippen molar-refractivity contribution in [2.24, 2.45) is 5.92 Å². The van der Waals surface area contributed by atoms with Crippen LogP contribution in [-0.4, -0.2) is 31.6 Å². The van der Waals surface area contributed by atoms with Crippen molar-refractivity contribution in [2.75, 3.05) is 11.1 Å². The standard InChI is InChI=1S/C15H19N5O2S2/c1-9(2)5-13-17-18-15(24-13)16-12(21)7-20-14(22)6-10-8-23-4-3-11(10)19-20/h6,9H,3-5,7-8H2,1-2H3,(H,16,18,21). The molecule has 0 bridgehead atoms. The Morgan fingerprint density at radius 2 is 2.25 bits per heavy atom. The average Bonchev–Trinajstić information content (AvgIpc) is 2.94. The van der Waals surface area contributed by atoms with Crippen molar-refractivity contribution in [3.63, 3.8) is 0 Å². The Morgan fingerprint density at radius 3 is 3.04 bits per heavy atom. The molecule has 1 amide bonds. The number of anilines is 1. The fraction of sp³-hybridized carbons (Fsp3) is 0.533. The molecule has 0 unspecified atom stereocenters. The zero-order valence-corrected chi connectivity index (χ0v) is 15.2. The highest BCUT2D eigenvalue weighted by Gasteiger charge is 2.16. The van der Waals surface area contributed by atoms with Crippen molar-refractivity contribution < 1.29 is 4.79 Å². The van der Waals surface area contributed by atoms with Gasteiger partial charge in [0.1, 0.15) is 11.6 Å². The summed E-state index contributed by atoms with van der Waals surface area (Å²) < 4.78 is 1.22. The Balaban J connectivity index is 1.66. The predicted molar refractivity (Wildman–Crippen MR) is 95.4 cm³/mol. The minimum absolute atomic E-state index is 0.113. The van der Waals surface area contributed by atoms with Gasteiger partial charge in [0.05, 0.1) is 5.69 Å². The summed E-state index contributed by atoms with van der Waals surface area (Å²) in [5, 5.41) is 16.4. The zero-order chi connectivity index (χ0) is 17.1. The lowest BCUT2D eigenvalue weighted by molar-refractivity contribution is -0.117. The minimum atomic E-state index is -0.318. The SMILES string of the molecule is CC(C)Cc1nnc(NC(=O)Cn2nc3c(cc2=O)CSCC3)s1. The number of nitrogens with one attached hydrogen (secondary N) is 1. The minimum Gasteiger partial charge on any atom is -0.299 e. The molecule has 2 aromatic rings. The van der Waals surface area contributed by atoms with Gasteiger partial charge < -0.3 is 0 Å². The van der Waals surface area contributed by atoms with Crippen LogP contribution in [0.5, 0.6) is 0 Å². The number of rotatable bonds is 5. The van der Waals surface area contributed by atoms with Crippen LogP contribution < -0.4 is 10.9 Å². The van der Waals surface area contributed by atoms with Gasteiger partial charge in [-0.3, -0.25) is 14.9 Å². The summed E-state index contributed by atoms with van der Waals surface area (Å²) in [6.45, 7) is 4.09. The predicted octanol–water partition coefficient (Wildman–Crippen LogP) is 1.72. The molecule has 0 aliphatic carbocycles. The van der Waals surface area contributed by atoms with Gasteiger partial charge >= 0.3 is 0 Å². The van der Waals surface area contributed by atoms with Crippen molar-refractivity contribution in [3.05, 3.63) is 32.7 Å². The van der Waals surface area contributed by atoms with Crippen molar-refractivity contribution in [1.82, 2.24) is 20.0 Å². The molecule has 0 saturated carbocycles. The lowest BCUT2D eigenvalue weighted by Gasteiger charge is -2.15. The summed E-state index contributed by atoms with van der Waals surface area (Å²) in [5.41, 5.74) is 1.65. The van der Waals surface area contributed by atoms with Gasteiger partial charge in [-0.25, -0.2) is 4.68 Å². The van der Waals surface area contributed by atoms with Crippen LogP contribution in [0.1, 0.15) is 30.1 Å². The molecule has 0 aromatic carbocycles. The monoisotopic (exact) mass is 365 g/mol. The summed E-state index contributed by atoms with van der Waals surface area (Å²) >= 11 is 3.16. The topological polar surface area (TPSA) is 89.8 Å². The molecule has 1 aliphatic heterocycles. The van der Waals surface area contributed by atoms with E-state index in [0.717, 1.165) is 40.6 Å². The van der Waals surface area contributed by atoms with Gasteiger partial charge in [-0.15, -0.1) is 10.2 Å². The van der Waals surface area contributed by atoms with Crippen LogP contribution in [-0.2, 0) is 29.9 Å². The van der Waals surface area contributed by atoms with E-state index in [9.17, 15) is 9.59 Å². The molecular formula is C15H19N5O2S2. The highest BCUT2D eigenvalue weighted by atomic mass is 32.2. The second-order valence-electron chi connectivity index (χ2n) is 6.06. The van der Waals surface area contributed by atoms with E-state index in [1.807, 2.05) is 0 Å². The summed E-state index contributed by atoms with van der Waals surface area (Å²) in [6.07, 6.45) is 1.66. The molecule has 7 nitrogen and oxygen atoms in total. The highest BCUT2D eigenvalue weighted by Crippen LogP contribution is 2.21. The number of aromatic nitrogens is 4. The molecule has 9 heteroatoms. The maximum absolute atomic E-state index is 12.2. The van der Waals surface area contributed by atoms with Gasteiger partial charge in [0, 0.05) is 24.7 Å². The Kier molecular flexibility index (Phi) is 5.30. The molecule has 3 heterocycles. The molecule has 2 aromatic heterocycles. The van der Waals surface area contributed by atoms with Gasteiger partial charge in [0.15, 0.2) is 0 Å². The Labute approximate surface area is 147 Å². The number of thioether (sulfide) groups is 1. The molecule has 128 valence electrons. The van der Waals surface area contributed by atoms with E-state index < -0.39 is 0 Å². The summed E-state index contributed by atoms with van der Waals surface area (Å²) in [4.78, 5) is 24.2. The maximum Gasteiger partial charge on any atom is 0.267 e. The van der Waals surface area contributed by atoms with Crippen LogP contribution in [0.2, 0.25) is 0 Å². The number of carbonyl (C=O) groups is 1. The van der Waals surface area contributed by atoms with Crippen LogP contribution in [0, 0.1) is 5.92 Å². The average molecular weight is 365 g/mol. The first-order valence-electron chi connectivity index (χ1n) is 7.81. The third-order valence-electron chi connectivity index (χ3n) is 3.49. The number of hydrogen-bond acceptors (Lipinski definition) is 7. The Hall–Kier alpha value is -1.74. The van der Waals surface area contributed by atoms with Gasteiger partial charge in [0.2, 0.25) is 11.0 Å². The first kappa shape index (κ1) is 17.1. The quantitative estimate of drug-likeness (QED) is 0.868. The van der Waals surface area contributed by atoms with Gasteiger partial charge in [-0.2, -0.15) is 16.9 Å². The van der Waals surface area contributed by atoms with Crippen LogP contribution in [0.3, 0.4) is 0 Å². The maximum atomic E-state index is 12.2. The molecule has 3 rings (SSSR count). The number of fused-ring (bicyclic) bond motifs is 1. The number of carbonyl (C=O) groups excluding carboxylic acids is 1. The van der Waals surface area contributed by atoms with E-state index >= 15 is 0 Å². The van der Waals surface area contributed by atoms with E-state index in [-0.39, 0.29) is 18.0 Å². The van der Waals surface area contributed by atoms with Gasteiger partial charge in [-0.05, 0) is 17.2 Å². The third kappa shape index (κ3) is 4.21. The first-order valence-corrected chi connectivity index (χ1v) is 9.78. The molecular weight excluding hydrogens is 346 g/mol. The molecule has 0 fully saturated rings. The molecule has 1 N–H and O–H groups in total. The van der Waals surface area contributed by atoms with E-state index in [2.05, 4.69) is 34.5 Å². The van der Waals surface area contributed by atoms with Crippen molar-refractivity contribution in [3.8, 4) is 0 Å². The summed E-state index contributed by atoms with van der Waals surface area (Å²) in [7, 11) is 0. The third-order valence-corrected chi connectivity index (χ3v) is 5.36. The number of hydrogen-bond donors (Lipinski definition) is 1. The second kappa shape index (κ2) is 7.43. The van der Waals surface area contributed by atoms with Crippen molar-refractivity contribution in [1.29, 1.82) is 0 Å². The largest absolute Gasteiger partial charge is 0.299 e. The lowest BCUT2D eigenvalue weighted by atomic mass is 10.1. The van der Waals surface area contributed by atoms with Gasteiger partial charge in [-0.1, -0.05) is 25.2 Å². The van der Waals surface area contributed by atoms with Crippen LogP contribution in [0.25, 0.3) is 0 Å². The smallest absolute Gasteiger partial charge is 0.267 e. The molecule has 24 heavy (non-hydrogen) atoms. The van der Waals surface area contributed by atoms with Gasteiger partial charge in [0.25, 0.3) is 5.56 Å². The molecule has 0 spiro atoms. The lowest BCUT2D eigenvalue weighted by Crippen LogP contribution is -2.31. The number of amides is 1. The van der Waals surface area contributed by atoms with E-state index in [1.54, 1.807) is 17.8 Å². The van der Waals surface area contributed by atoms with Crippen LogP contribution in [0.4, 0.5) is 5.13 Å². The van der Waals surface area contributed by atoms with Crippen molar-refractivity contribution in [2.45, 2.75) is 39.0 Å². The van der Waals surface area contributed by atoms with E-state index in [1.165, 1.54) is 16.0 Å². The second-order valence-corrected chi connectivity index (χ2v) is 8.23. The van der Waals surface area contributed by atoms with Crippen LogP contribution >= 0.6 is 23.1 Å². The number of aryl methyl sites for hydroxylation is 1. The zero-order valence-electron chi connectivity index (χ0n) is 13.6. The molecule has 0 saturated heterocycles. The number of nitrogens with zero attached hydrogens (tertiary/aromatic N) is 4. The summed E-state index contributed by atoms with van der Waals surface area (Å²) in [6, 6.07) is 1.59. The van der Waals surface area contributed by atoms with Crippen LogP contribution in [0.15, 0.2) is 10.9 Å². The van der Waals surface area contributed by atoms with E-state index in [0.29, 0.717) is 11.0 Å². The first-order chi connectivity index (χ1) is 11.5. The van der Waals surface area contributed by atoms with E-state index in [4.69, 9.17) is 0 Å².